The molecule has 1 atom stereocenters. The lowest BCUT2D eigenvalue weighted by atomic mass is 10.3. The number of hydrogen-bond acceptors (Lipinski definition) is 6. The molecule has 0 saturated heterocycles. The fraction of sp³-hybridized carbons (Fsp3) is 0.600. The molecule has 1 rings (SSSR count). The van der Waals surface area contributed by atoms with E-state index in [2.05, 4.69) is 15.3 Å². The van der Waals surface area contributed by atoms with Crippen molar-refractivity contribution in [3.05, 3.63) is 11.9 Å². The first-order valence-corrected chi connectivity index (χ1v) is 4.95. The van der Waals surface area contributed by atoms with Gasteiger partial charge in [-0.1, -0.05) is 0 Å². The van der Waals surface area contributed by atoms with Gasteiger partial charge in [0.25, 0.3) is 0 Å². The molecule has 0 bridgehead atoms. The van der Waals surface area contributed by atoms with E-state index in [-0.39, 0.29) is 6.61 Å². The van der Waals surface area contributed by atoms with Crippen LogP contribution in [0.5, 0.6) is 5.88 Å². The van der Waals surface area contributed by atoms with Crippen molar-refractivity contribution >= 4 is 5.82 Å². The highest BCUT2D eigenvalue weighted by molar-refractivity contribution is 5.47. The van der Waals surface area contributed by atoms with Gasteiger partial charge in [-0.2, -0.15) is 0 Å². The summed E-state index contributed by atoms with van der Waals surface area (Å²) < 4.78 is 9.88. The SMILES string of the molecule is COCC(O)CNc1ncnc(OC)c1C. The second-order valence-corrected chi connectivity index (χ2v) is 3.35. The monoisotopic (exact) mass is 227 g/mol. The molecule has 0 fully saturated rings. The summed E-state index contributed by atoms with van der Waals surface area (Å²) >= 11 is 0. The van der Waals surface area contributed by atoms with E-state index in [1.54, 1.807) is 14.2 Å². The molecule has 16 heavy (non-hydrogen) atoms. The maximum Gasteiger partial charge on any atom is 0.221 e. The molecule has 0 aliphatic rings. The predicted octanol–water partition coefficient (Wildman–Crippen LogP) is 0.213. The first-order chi connectivity index (χ1) is 7.69. The second-order valence-electron chi connectivity index (χ2n) is 3.35. The largest absolute Gasteiger partial charge is 0.481 e. The lowest BCUT2D eigenvalue weighted by Crippen LogP contribution is -2.24. The van der Waals surface area contributed by atoms with E-state index in [1.165, 1.54) is 6.33 Å². The summed E-state index contributed by atoms with van der Waals surface area (Å²) in [4.78, 5) is 8.03. The van der Waals surface area contributed by atoms with Crippen LogP contribution in [0.15, 0.2) is 6.33 Å². The summed E-state index contributed by atoms with van der Waals surface area (Å²) in [6.07, 6.45) is 0.849. The van der Waals surface area contributed by atoms with E-state index in [4.69, 9.17) is 9.47 Å². The van der Waals surface area contributed by atoms with Gasteiger partial charge in [0.15, 0.2) is 0 Å². The third-order valence-electron chi connectivity index (χ3n) is 2.10. The zero-order chi connectivity index (χ0) is 12.0. The van der Waals surface area contributed by atoms with E-state index in [9.17, 15) is 5.11 Å². The highest BCUT2D eigenvalue weighted by Gasteiger charge is 2.08. The molecule has 1 unspecified atom stereocenters. The molecule has 0 aliphatic carbocycles. The summed E-state index contributed by atoms with van der Waals surface area (Å²) in [6, 6.07) is 0. The number of anilines is 1. The van der Waals surface area contributed by atoms with Gasteiger partial charge in [-0.05, 0) is 6.92 Å². The average Bonchev–Trinajstić information content (AvgIpc) is 2.28. The summed E-state index contributed by atoms with van der Waals surface area (Å²) in [7, 11) is 3.10. The lowest BCUT2D eigenvalue weighted by Gasteiger charge is -2.13. The molecular weight excluding hydrogens is 210 g/mol. The Labute approximate surface area is 94.6 Å². The maximum absolute atomic E-state index is 9.47. The molecule has 1 heterocycles. The Morgan fingerprint density at radius 3 is 2.81 bits per heavy atom. The third-order valence-corrected chi connectivity index (χ3v) is 2.10. The molecule has 0 aliphatic heterocycles. The summed E-state index contributed by atoms with van der Waals surface area (Å²) in [5.41, 5.74) is 0.814. The molecule has 90 valence electrons. The first kappa shape index (κ1) is 12.7. The van der Waals surface area contributed by atoms with Gasteiger partial charge in [0.05, 0.1) is 25.4 Å². The smallest absolute Gasteiger partial charge is 0.221 e. The molecular formula is C10H17N3O3. The number of aromatic nitrogens is 2. The van der Waals surface area contributed by atoms with E-state index in [0.717, 1.165) is 5.56 Å². The van der Waals surface area contributed by atoms with Crippen molar-refractivity contribution in [2.75, 3.05) is 32.7 Å². The average molecular weight is 227 g/mol. The molecule has 1 aromatic rings. The van der Waals surface area contributed by atoms with Crippen molar-refractivity contribution < 1.29 is 14.6 Å². The van der Waals surface area contributed by atoms with Crippen LogP contribution < -0.4 is 10.1 Å². The number of nitrogens with one attached hydrogen (secondary N) is 1. The molecule has 1 aromatic heterocycles. The number of hydrogen-bond donors (Lipinski definition) is 2. The number of nitrogens with zero attached hydrogens (tertiary/aromatic N) is 2. The Morgan fingerprint density at radius 2 is 2.19 bits per heavy atom. The molecule has 0 radical (unpaired) electrons. The fourth-order valence-electron chi connectivity index (χ4n) is 1.28. The van der Waals surface area contributed by atoms with Crippen molar-refractivity contribution in [2.45, 2.75) is 13.0 Å². The molecule has 0 amide bonds. The van der Waals surface area contributed by atoms with Gasteiger partial charge in [0.1, 0.15) is 12.1 Å². The third kappa shape index (κ3) is 3.32. The first-order valence-electron chi connectivity index (χ1n) is 4.95. The van der Waals surface area contributed by atoms with Crippen LogP contribution in [0.3, 0.4) is 0 Å². The topological polar surface area (TPSA) is 76.5 Å². The minimum absolute atomic E-state index is 0.286. The van der Waals surface area contributed by atoms with E-state index >= 15 is 0 Å². The Bertz CT molecular complexity index is 333. The van der Waals surface area contributed by atoms with Gasteiger partial charge in [0.2, 0.25) is 5.88 Å². The van der Waals surface area contributed by atoms with Gasteiger partial charge < -0.3 is 19.9 Å². The van der Waals surface area contributed by atoms with Gasteiger partial charge in [-0.3, -0.25) is 0 Å². The molecule has 0 aromatic carbocycles. The summed E-state index contributed by atoms with van der Waals surface area (Å²) in [5.74, 6) is 1.18. The molecule has 6 heteroatoms. The van der Waals surface area contributed by atoms with Gasteiger partial charge in [0, 0.05) is 13.7 Å². The van der Waals surface area contributed by atoms with Crippen LogP contribution >= 0.6 is 0 Å². The summed E-state index contributed by atoms with van der Waals surface area (Å²) in [6.45, 7) is 2.51. The van der Waals surface area contributed by atoms with Crippen LogP contribution in [0.4, 0.5) is 5.82 Å². The van der Waals surface area contributed by atoms with Crippen LogP contribution in [-0.4, -0.2) is 48.5 Å². The second kappa shape index (κ2) is 6.24. The van der Waals surface area contributed by atoms with Gasteiger partial charge in [-0.15, -0.1) is 0 Å². The number of aliphatic hydroxyl groups is 1. The highest BCUT2D eigenvalue weighted by atomic mass is 16.5. The Balaban J connectivity index is 2.60. The van der Waals surface area contributed by atoms with Crippen molar-refractivity contribution in [3.8, 4) is 5.88 Å². The lowest BCUT2D eigenvalue weighted by molar-refractivity contribution is 0.0727. The van der Waals surface area contributed by atoms with Crippen LogP contribution in [0.25, 0.3) is 0 Å². The minimum Gasteiger partial charge on any atom is -0.481 e. The minimum atomic E-state index is -0.564. The standard InChI is InChI=1S/C10H17N3O3/c1-7-9(11-4-8(14)5-15-2)12-6-13-10(7)16-3/h6,8,14H,4-5H2,1-3H3,(H,11,12,13). The highest BCUT2D eigenvalue weighted by Crippen LogP contribution is 2.19. The van der Waals surface area contributed by atoms with Crippen molar-refractivity contribution in [3.63, 3.8) is 0 Å². The van der Waals surface area contributed by atoms with Crippen LogP contribution in [0, 0.1) is 6.92 Å². The number of methoxy groups -OCH3 is 2. The Morgan fingerprint density at radius 1 is 1.44 bits per heavy atom. The quantitative estimate of drug-likeness (QED) is 0.723. The zero-order valence-corrected chi connectivity index (χ0v) is 9.73. The maximum atomic E-state index is 9.47. The van der Waals surface area contributed by atoms with Crippen LogP contribution in [0.1, 0.15) is 5.56 Å². The molecule has 0 spiro atoms. The van der Waals surface area contributed by atoms with Crippen molar-refractivity contribution in [2.24, 2.45) is 0 Å². The molecule has 2 N–H and O–H groups in total. The zero-order valence-electron chi connectivity index (χ0n) is 9.73. The van der Waals surface area contributed by atoms with E-state index < -0.39 is 6.10 Å². The predicted molar refractivity (Wildman–Crippen MR) is 59.7 cm³/mol. The number of aliphatic hydroxyl groups excluding tert-OH is 1. The number of ether oxygens (including phenoxy) is 2. The van der Waals surface area contributed by atoms with Crippen LogP contribution in [-0.2, 0) is 4.74 Å². The Hall–Kier alpha value is -1.40. The number of rotatable bonds is 6. The van der Waals surface area contributed by atoms with Gasteiger partial charge >= 0.3 is 0 Å². The van der Waals surface area contributed by atoms with E-state index in [0.29, 0.717) is 18.2 Å². The fourth-order valence-corrected chi connectivity index (χ4v) is 1.28. The van der Waals surface area contributed by atoms with Crippen molar-refractivity contribution in [1.82, 2.24) is 9.97 Å². The normalized spacial score (nSPS) is 12.2. The van der Waals surface area contributed by atoms with Crippen LogP contribution in [0.2, 0.25) is 0 Å². The van der Waals surface area contributed by atoms with Gasteiger partial charge in [-0.25, -0.2) is 9.97 Å². The Kier molecular flexibility index (Phi) is 4.94. The summed E-state index contributed by atoms with van der Waals surface area (Å²) in [5, 5.41) is 12.5. The molecule has 6 nitrogen and oxygen atoms in total. The van der Waals surface area contributed by atoms with Crippen molar-refractivity contribution in [1.29, 1.82) is 0 Å². The molecule has 0 saturated carbocycles. The van der Waals surface area contributed by atoms with E-state index in [1.807, 2.05) is 6.92 Å².